The Kier molecular flexibility index (Phi) is 3.06. The van der Waals surface area contributed by atoms with Crippen molar-refractivity contribution in [2.24, 2.45) is 0 Å². The van der Waals surface area contributed by atoms with Gasteiger partial charge in [0.2, 0.25) is 0 Å². The highest BCUT2D eigenvalue weighted by molar-refractivity contribution is 5.89. The van der Waals surface area contributed by atoms with Gasteiger partial charge in [-0.15, -0.1) is 0 Å². The molecule has 0 aliphatic heterocycles. The zero-order valence-electron chi connectivity index (χ0n) is 8.47. The Labute approximate surface area is 82.5 Å². The molecule has 0 saturated carbocycles. The fraction of sp³-hybridized carbons (Fsp3) is 0.300. The molecule has 0 bridgehead atoms. The van der Waals surface area contributed by atoms with E-state index in [9.17, 15) is 9.18 Å². The van der Waals surface area contributed by atoms with Crippen molar-refractivity contribution in [2.45, 2.75) is 6.92 Å². The monoisotopic (exact) mass is 196 g/mol. The molecule has 0 aliphatic rings. The van der Waals surface area contributed by atoms with Crippen LogP contribution in [0, 0.1) is 12.7 Å². The third-order valence-corrected chi connectivity index (χ3v) is 1.92. The van der Waals surface area contributed by atoms with Crippen molar-refractivity contribution in [3.8, 4) is 0 Å². The highest BCUT2D eigenvalue weighted by Gasteiger charge is 2.07. The Morgan fingerprint density at radius 2 is 2.07 bits per heavy atom. The van der Waals surface area contributed by atoms with Crippen molar-refractivity contribution in [2.75, 3.05) is 19.4 Å². The van der Waals surface area contributed by atoms with E-state index in [2.05, 4.69) is 5.32 Å². The number of anilines is 1. The zero-order valence-corrected chi connectivity index (χ0v) is 8.47. The van der Waals surface area contributed by atoms with Gasteiger partial charge in [0.1, 0.15) is 5.82 Å². The summed E-state index contributed by atoms with van der Waals surface area (Å²) in [4.78, 5) is 12.7. The molecule has 2 amide bonds. The average molecular weight is 196 g/mol. The summed E-state index contributed by atoms with van der Waals surface area (Å²) in [6, 6.07) is 4.33. The van der Waals surface area contributed by atoms with Crippen LogP contribution >= 0.6 is 0 Å². The van der Waals surface area contributed by atoms with Crippen molar-refractivity contribution in [3.05, 3.63) is 29.6 Å². The van der Waals surface area contributed by atoms with E-state index < -0.39 is 0 Å². The molecule has 0 spiro atoms. The number of benzene rings is 1. The molecule has 1 N–H and O–H groups in total. The summed E-state index contributed by atoms with van der Waals surface area (Å²) < 4.78 is 13.1. The lowest BCUT2D eigenvalue weighted by Gasteiger charge is -2.13. The van der Waals surface area contributed by atoms with Crippen molar-refractivity contribution in [3.63, 3.8) is 0 Å². The van der Waals surface area contributed by atoms with Gasteiger partial charge in [0, 0.05) is 25.3 Å². The number of carbonyl (C=O) groups is 1. The maximum Gasteiger partial charge on any atom is 0.321 e. The summed E-state index contributed by atoms with van der Waals surface area (Å²) in [6.45, 7) is 1.63. The zero-order chi connectivity index (χ0) is 10.7. The predicted octanol–water partition coefficient (Wildman–Crippen LogP) is 2.23. The number of rotatable bonds is 1. The normalized spacial score (nSPS) is 9.71. The molecule has 0 atom stereocenters. The molecule has 0 radical (unpaired) electrons. The van der Waals surface area contributed by atoms with Gasteiger partial charge in [0.25, 0.3) is 0 Å². The van der Waals surface area contributed by atoms with Gasteiger partial charge in [0.15, 0.2) is 0 Å². The number of urea groups is 1. The Morgan fingerprint density at radius 3 is 2.64 bits per heavy atom. The van der Waals surface area contributed by atoms with Crippen LogP contribution in [0.4, 0.5) is 14.9 Å². The summed E-state index contributed by atoms with van der Waals surface area (Å²) >= 11 is 0. The van der Waals surface area contributed by atoms with Crippen LogP contribution in [0.1, 0.15) is 5.56 Å². The lowest BCUT2D eigenvalue weighted by molar-refractivity contribution is 0.230. The van der Waals surface area contributed by atoms with E-state index in [1.807, 2.05) is 0 Å². The second-order valence-corrected chi connectivity index (χ2v) is 3.24. The van der Waals surface area contributed by atoms with Crippen LogP contribution in [0.25, 0.3) is 0 Å². The fourth-order valence-corrected chi connectivity index (χ4v) is 0.970. The quantitative estimate of drug-likeness (QED) is 0.733. The number of hydrogen-bond donors (Lipinski definition) is 1. The third-order valence-electron chi connectivity index (χ3n) is 1.92. The molecule has 0 heterocycles. The molecular formula is C10H13FN2O. The van der Waals surface area contributed by atoms with E-state index in [-0.39, 0.29) is 11.8 Å². The van der Waals surface area contributed by atoms with Gasteiger partial charge in [-0.2, -0.15) is 0 Å². The molecule has 0 fully saturated rings. The first-order chi connectivity index (χ1) is 6.52. The first kappa shape index (κ1) is 10.5. The second-order valence-electron chi connectivity index (χ2n) is 3.24. The first-order valence-corrected chi connectivity index (χ1v) is 4.26. The van der Waals surface area contributed by atoms with E-state index in [4.69, 9.17) is 0 Å². The second kappa shape index (κ2) is 4.09. The van der Waals surface area contributed by atoms with E-state index >= 15 is 0 Å². The van der Waals surface area contributed by atoms with Crippen LogP contribution in [0.3, 0.4) is 0 Å². The predicted molar refractivity (Wildman–Crippen MR) is 53.8 cm³/mol. The van der Waals surface area contributed by atoms with Gasteiger partial charge in [-0.25, -0.2) is 9.18 Å². The maximum atomic E-state index is 13.1. The molecule has 0 saturated heterocycles. The van der Waals surface area contributed by atoms with Gasteiger partial charge in [0.05, 0.1) is 0 Å². The molecule has 1 rings (SSSR count). The molecule has 0 unspecified atom stereocenters. The third kappa shape index (κ3) is 2.22. The summed E-state index contributed by atoms with van der Waals surface area (Å²) in [5.41, 5.74) is 0.950. The Balaban J connectivity index is 2.87. The highest BCUT2D eigenvalue weighted by atomic mass is 19.1. The Bertz CT molecular complexity index is 350. The number of nitrogens with one attached hydrogen (secondary N) is 1. The highest BCUT2D eigenvalue weighted by Crippen LogP contribution is 2.17. The maximum absolute atomic E-state index is 13.1. The molecule has 3 nitrogen and oxygen atoms in total. The van der Waals surface area contributed by atoms with Gasteiger partial charge >= 0.3 is 6.03 Å². The van der Waals surface area contributed by atoms with Crippen LogP contribution in [0.15, 0.2) is 18.2 Å². The molecule has 1 aromatic carbocycles. The van der Waals surface area contributed by atoms with Crippen LogP contribution in [0.2, 0.25) is 0 Å². The van der Waals surface area contributed by atoms with Gasteiger partial charge in [-0.05, 0) is 19.1 Å². The summed E-state index contributed by atoms with van der Waals surface area (Å²) in [7, 11) is 3.26. The smallest absolute Gasteiger partial charge is 0.321 e. The summed E-state index contributed by atoms with van der Waals surface area (Å²) in [5.74, 6) is -0.318. The van der Waals surface area contributed by atoms with Crippen LogP contribution in [0.5, 0.6) is 0 Å². The lowest BCUT2D eigenvalue weighted by atomic mass is 10.2. The minimum absolute atomic E-state index is 0.265. The fourth-order valence-electron chi connectivity index (χ4n) is 0.970. The molecule has 1 aromatic rings. The Hall–Kier alpha value is -1.58. The van der Waals surface area contributed by atoms with E-state index in [0.29, 0.717) is 11.3 Å². The molecule has 0 aromatic heterocycles. The molecule has 76 valence electrons. The van der Waals surface area contributed by atoms with Gasteiger partial charge < -0.3 is 10.2 Å². The summed E-state index contributed by atoms with van der Waals surface area (Å²) in [6.07, 6.45) is 0. The Morgan fingerprint density at radius 1 is 1.43 bits per heavy atom. The average Bonchev–Trinajstić information content (AvgIpc) is 2.12. The number of carbonyl (C=O) groups excluding carboxylic acids is 1. The lowest BCUT2D eigenvalue weighted by Crippen LogP contribution is -2.27. The topological polar surface area (TPSA) is 32.3 Å². The van der Waals surface area contributed by atoms with E-state index in [1.54, 1.807) is 33.2 Å². The number of nitrogens with zero attached hydrogens (tertiary/aromatic N) is 1. The largest absolute Gasteiger partial charge is 0.331 e. The minimum Gasteiger partial charge on any atom is -0.331 e. The number of halogens is 1. The van der Waals surface area contributed by atoms with Crippen LogP contribution in [-0.2, 0) is 0 Å². The SMILES string of the molecule is Cc1c(F)cccc1NC(=O)N(C)C. The number of amides is 2. The van der Waals surface area contributed by atoms with Crippen molar-refractivity contribution >= 4 is 11.7 Å². The van der Waals surface area contributed by atoms with Crippen molar-refractivity contribution < 1.29 is 9.18 Å². The van der Waals surface area contributed by atoms with Gasteiger partial charge in [-0.3, -0.25) is 0 Å². The van der Waals surface area contributed by atoms with Crippen LogP contribution in [-0.4, -0.2) is 25.0 Å². The standard InChI is InChI=1S/C10H13FN2O/c1-7-8(11)5-4-6-9(7)12-10(14)13(2)3/h4-6H,1-3H3,(H,12,14). The molecule has 0 aliphatic carbocycles. The number of hydrogen-bond acceptors (Lipinski definition) is 1. The molecule has 14 heavy (non-hydrogen) atoms. The summed E-state index contributed by atoms with van der Waals surface area (Å²) in [5, 5.41) is 2.60. The van der Waals surface area contributed by atoms with Crippen molar-refractivity contribution in [1.29, 1.82) is 0 Å². The van der Waals surface area contributed by atoms with Gasteiger partial charge in [-0.1, -0.05) is 6.07 Å². The van der Waals surface area contributed by atoms with Crippen LogP contribution < -0.4 is 5.32 Å². The first-order valence-electron chi connectivity index (χ1n) is 4.26. The van der Waals surface area contributed by atoms with E-state index in [1.165, 1.54) is 11.0 Å². The molecule has 4 heteroatoms. The van der Waals surface area contributed by atoms with E-state index in [0.717, 1.165) is 0 Å². The molecular weight excluding hydrogens is 183 g/mol. The minimum atomic E-state index is -0.318. The van der Waals surface area contributed by atoms with Crippen molar-refractivity contribution in [1.82, 2.24) is 4.90 Å².